The van der Waals surface area contributed by atoms with Crippen molar-refractivity contribution in [1.82, 2.24) is 5.32 Å². The fourth-order valence-corrected chi connectivity index (χ4v) is 3.76. The first kappa shape index (κ1) is 16.3. The molecule has 0 aromatic heterocycles. The smallest absolute Gasteiger partial charge is 0.351 e. The molecule has 2 aliphatic heterocycles. The van der Waals surface area contributed by atoms with Crippen LogP contribution in [0, 0.1) is 11.3 Å². The number of allylic oxidation sites excluding steroid dienone is 1. The Morgan fingerprint density at radius 2 is 2.21 bits per heavy atom. The minimum absolute atomic E-state index is 0.00220. The number of ether oxygens (including phenoxy) is 1. The summed E-state index contributed by atoms with van der Waals surface area (Å²) in [4.78, 5) is 16.9. The third-order valence-electron chi connectivity index (χ3n) is 3.71. The third-order valence-corrected chi connectivity index (χ3v) is 4.84. The lowest BCUT2D eigenvalue weighted by Crippen LogP contribution is -2.30. The van der Waals surface area contributed by atoms with Gasteiger partial charge in [-0.15, -0.1) is 11.8 Å². The van der Waals surface area contributed by atoms with Gasteiger partial charge in [-0.25, -0.2) is 9.79 Å². The minimum Gasteiger partial charge on any atom is -0.462 e. The fourth-order valence-electron chi connectivity index (χ4n) is 2.66. The van der Waals surface area contributed by atoms with Gasteiger partial charge in [0.2, 0.25) is 0 Å². The van der Waals surface area contributed by atoms with E-state index in [0.717, 1.165) is 22.6 Å². The molecule has 122 valence electrons. The normalized spacial score (nSPS) is 21.4. The Bertz CT molecular complexity index is 803. The van der Waals surface area contributed by atoms with Gasteiger partial charge in [-0.1, -0.05) is 37.3 Å². The van der Waals surface area contributed by atoms with Gasteiger partial charge >= 0.3 is 5.97 Å². The summed E-state index contributed by atoms with van der Waals surface area (Å²) in [6, 6.07) is 11.7. The van der Waals surface area contributed by atoms with Crippen molar-refractivity contribution in [1.29, 1.82) is 5.26 Å². The van der Waals surface area contributed by atoms with Crippen LogP contribution in [0.2, 0.25) is 0 Å². The van der Waals surface area contributed by atoms with Crippen LogP contribution in [0.25, 0.3) is 0 Å². The van der Waals surface area contributed by atoms with Crippen LogP contribution in [0.3, 0.4) is 0 Å². The van der Waals surface area contributed by atoms with Crippen LogP contribution in [-0.2, 0) is 9.53 Å². The zero-order valence-corrected chi connectivity index (χ0v) is 14.3. The number of carbonyl (C=O) groups is 1. The third kappa shape index (κ3) is 3.08. The molecule has 0 aliphatic carbocycles. The Balaban J connectivity index is 2.09. The number of amidine groups is 1. The van der Waals surface area contributed by atoms with Crippen LogP contribution in [-0.4, -0.2) is 23.7 Å². The number of nitrogens with one attached hydrogen (secondary N) is 1. The molecule has 0 radical (unpaired) electrons. The number of rotatable bonds is 3. The molecular formula is C18H17N3O2S. The van der Waals surface area contributed by atoms with Gasteiger partial charge in [-0.2, -0.15) is 5.26 Å². The largest absolute Gasteiger partial charge is 0.462 e. The molecule has 1 atom stereocenters. The Morgan fingerprint density at radius 1 is 1.46 bits per heavy atom. The van der Waals surface area contributed by atoms with Crippen molar-refractivity contribution in [3.63, 3.8) is 0 Å². The van der Waals surface area contributed by atoms with E-state index in [1.165, 1.54) is 0 Å². The number of aliphatic imine (C=N–C) groups is 1. The van der Waals surface area contributed by atoms with Crippen LogP contribution < -0.4 is 5.32 Å². The quantitative estimate of drug-likeness (QED) is 0.520. The van der Waals surface area contributed by atoms with Crippen molar-refractivity contribution in [2.45, 2.75) is 25.5 Å². The van der Waals surface area contributed by atoms with Gasteiger partial charge in [0.1, 0.15) is 16.9 Å². The molecule has 2 aliphatic rings. The number of benzene rings is 1. The van der Waals surface area contributed by atoms with E-state index >= 15 is 0 Å². The number of esters is 1. The second-order valence-corrected chi connectivity index (χ2v) is 6.88. The summed E-state index contributed by atoms with van der Waals surface area (Å²) in [6.45, 7) is 4.06. The van der Waals surface area contributed by atoms with E-state index in [1.807, 2.05) is 36.4 Å². The summed E-state index contributed by atoms with van der Waals surface area (Å²) in [5.41, 5.74) is 2.35. The average molecular weight is 339 g/mol. The fraction of sp³-hybridized carbons (Fsp3) is 0.278. The number of hydrogen-bond donors (Lipinski definition) is 1. The molecule has 0 fully saturated rings. The van der Waals surface area contributed by atoms with E-state index in [0.29, 0.717) is 16.8 Å². The second kappa shape index (κ2) is 6.93. The molecule has 0 saturated heterocycles. The maximum absolute atomic E-state index is 12.2. The number of hydrogen-bond acceptors (Lipinski definition) is 6. The lowest BCUT2D eigenvalue weighted by Gasteiger charge is -2.20. The molecule has 24 heavy (non-hydrogen) atoms. The van der Waals surface area contributed by atoms with Crippen molar-refractivity contribution in [2.75, 3.05) is 6.61 Å². The van der Waals surface area contributed by atoms with Gasteiger partial charge in [0.15, 0.2) is 5.57 Å². The first-order valence-corrected chi connectivity index (χ1v) is 8.64. The molecule has 0 spiro atoms. The first-order chi connectivity index (χ1) is 11.6. The van der Waals surface area contributed by atoms with Crippen molar-refractivity contribution in [2.24, 2.45) is 4.99 Å². The van der Waals surface area contributed by atoms with Crippen molar-refractivity contribution in [3.05, 3.63) is 57.8 Å². The number of thioether (sulfide) groups is 1. The van der Waals surface area contributed by atoms with E-state index in [-0.39, 0.29) is 12.2 Å². The van der Waals surface area contributed by atoms with E-state index in [2.05, 4.69) is 17.2 Å². The van der Waals surface area contributed by atoms with E-state index < -0.39 is 5.97 Å². The van der Waals surface area contributed by atoms with Gasteiger partial charge in [0.05, 0.1) is 12.3 Å². The number of nitriles is 1. The summed E-state index contributed by atoms with van der Waals surface area (Å²) in [6.07, 6.45) is 0.762. The summed E-state index contributed by atoms with van der Waals surface area (Å²) in [5, 5.41) is 13.9. The summed E-state index contributed by atoms with van der Waals surface area (Å²) in [5.74, 6) is 0.0382. The first-order valence-electron chi connectivity index (χ1n) is 7.76. The maximum Gasteiger partial charge on any atom is 0.351 e. The molecule has 1 unspecified atom stereocenters. The summed E-state index contributed by atoms with van der Waals surface area (Å²) in [7, 11) is 0. The molecule has 6 heteroatoms. The topological polar surface area (TPSA) is 74.5 Å². The number of carbonyl (C=O) groups excluding carboxylic acids is 1. The molecule has 1 N–H and O–H groups in total. The molecule has 1 aromatic rings. The molecule has 2 heterocycles. The molecule has 0 amide bonds. The maximum atomic E-state index is 12.2. The van der Waals surface area contributed by atoms with Gasteiger partial charge in [0, 0.05) is 16.4 Å². The van der Waals surface area contributed by atoms with E-state index in [4.69, 9.17) is 4.74 Å². The molecule has 5 nitrogen and oxygen atoms in total. The highest BCUT2D eigenvalue weighted by molar-refractivity contribution is 8.03. The van der Waals surface area contributed by atoms with E-state index in [1.54, 1.807) is 18.7 Å². The zero-order valence-electron chi connectivity index (χ0n) is 13.5. The van der Waals surface area contributed by atoms with Crippen molar-refractivity contribution < 1.29 is 9.53 Å². The van der Waals surface area contributed by atoms with Crippen molar-refractivity contribution >= 4 is 23.6 Å². The molecule has 0 bridgehead atoms. The van der Waals surface area contributed by atoms with E-state index in [9.17, 15) is 10.1 Å². The standard InChI is InChI=1S/C18H17N3O2S/c1-3-23-18(22)14(10-19)15-13-9-11(2)24-17(13)21-16(20-15)12-7-5-4-6-8-12/h4-8,11H,3,9H2,1-2H3,(H,20,21)/b15-14-. The predicted molar refractivity (Wildman–Crippen MR) is 94.1 cm³/mol. The highest BCUT2D eigenvalue weighted by Gasteiger charge is 2.32. The Morgan fingerprint density at radius 3 is 2.88 bits per heavy atom. The average Bonchev–Trinajstić information content (AvgIpc) is 2.97. The highest BCUT2D eigenvalue weighted by atomic mass is 32.2. The predicted octanol–water partition coefficient (Wildman–Crippen LogP) is 3.11. The zero-order chi connectivity index (χ0) is 17.1. The molecular weight excluding hydrogens is 322 g/mol. The lowest BCUT2D eigenvalue weighted by atomic mass is 10.0. The minimum atomic E-state index is -0.604. The molecule has 3 rings (SSSR count). The van der Waals surface area contributed by atoms with Crippen LogP contribution in [0.4, 0.5) is 0 Å². The van der Waals surface area contributed by atoms with Gasteiger partial charge in [-0.05, 0) is 13.3 Å². The summed E-state index contributed by atoms with van der Waals surface area (Å²) < 4.78 is 5.04. The van der Waals surface area contributed by atoms with Gasteiger partial charge in [-0.3, -0.25) is 0 Å². The Labute approximate surface area is 145 Å². The van der Waals surface area contributed by atoms with Crippen LogP contribution >= 0.6 is 11.8 Å². The van der Waals surface area contributed by atoms with Gasteiger partial charge < -0.3 is 10.1 Å². The second-order valence-electron chi connectivity index (χ2n) is 5.45. The van der Waals surface area contributed by atoms with Crippen LogP contribution in [0.1, 0.15) is 25.8 Å². The monoisotopic (exact) mass is 339 g/mol. The van der Waals surface area contributed by atoms with Crippen LogP contribution in [0.5, 0.6) is 0 Å². The SMILES string of the molecule is CCOC(=O)/C(C#N)=C1\NC(c2ccccc2)=NC2=C1CC(C)S2. The Hall–Kier alpha value is -2.52. The molecule has 1 aromatic carbocycles. The van der Waals surface area contributed by atoms with Gasteiger partial charge in [0.25, 0.3) is 0 Å². The Kier molecular flexibility index (Phi) is 4.72. The summed E-state index contributed by atoms with van der Waals surface area (Å²) >= 11 is 1.66. The lowest BCUT2D eigenvalue weighted by molar-refractivity contribution is -0.138. The highest BCUT2D eigenvalue weighted by Crippen LogP contribution is 2.43. The number of nitrogens with zero attached hydrogens (tertiary/aromatic N) is 2. The molecule has 0 saturated carbocycles. The van der Waals surface area contributed by atoms with Crippen LogP contribution in [0.15, 0.2) is 57.2 Å². The van der Waals surface area contributed by atoms with Crippen molar-refractivity contribution in [3.8, 4) is 6.07 Å².